The number of hydrogen-bond acceptors (Lipinski definition) is 9. The molecule has 35 heavy (non-hydrogen) atoms. The van der Waals surface area contributed by atoms with E-state index in [2.05, 4.69) is 60.7 Å². The molecule has 0 saturated carbocycles. The second-order valence-electron chi connectivity index (χ2n) is 8.29. The van der Waals surface area contributed by atoms with Crippen LogP contribution in [0.15, 0.2) is 73.6 Å². The Morgan fingerprint density at radius 2 is 2.17 bits per heavy atom. The summed E-state index contributed by atoms with van der Waals surface area (Å²) in [4.78, 5) is 18.6. The molecule has 4 heterocycles. The molecule has 0 bridgehead atoms. The van der Waals surface area contributed by atoms with Crippen LogP contribution in [0.3, 0.4) is 0 Å². The summed E-state index contributed by atoms with van der Waals surface area (Å²) in [5.74, 6) is 1.48. The van der Waals surface area contributed by atoms with Crippen molar-refractivity contribution in [2.45, 2.75) is 38.4 Å². The summed E-state index contributed by atoms with van der Waals surface area (Å²) in [6.07, 6.45) is 12.2. The van der Waals surface area contributed by atoms with Gasteiger partial charge in [-0.1, -0.05) is 30.3 Å². The molecule has 0 fully saturated rings. The summed E-state index contributed by atoms with van der Waals surface area (Å²) < 4.78 is 17.3. The zero-order valence-electron chi connectivity index (χ0n) is 19.4. The zero-order chi connectivity index (χ0) is 23.9. The normalized spacial score (nSPS) is 14.7. The third-order valence-electron chi connectivity index (χ3n) is 5.95. The second kappa shape index (κ2) is 11.2. The molecule has 3 aromatic heterocycles. The average molecular weight is 493 g/mol. The Morgan fingerprint density at radius 1 is 1.26 bits per heavy atom. The predicted octanol–water partition coefficient (Wildman–Crippen LogP) is 3.80. The summed E-state index contributed by atoms with van der Waals surface area (Å²) in [5.41, 5.74) is 2.26. The first kappa shape index (κ1) is 23.1. The van der Waals surface area contributed by atoms with Gasteiger partial charge in [-0.3, -0.25) is 4.57 Å². The van der Waals surface area contributed by atoms with Crippen LogP contribution in [0.25, 0.3) is 5.95 Å². The minimum atomic E-state index is 0.0427. The Morgan fingerprint density at radius 3 is 2.91 bits per heavy atom. The number of hydrogen-bond donors (Lipinski definition) is 2. The van der Waals surface area contributed by atoms with Crippen LogP contribution in [-0.2, 0) is 16.0 Å². The lowest BCUT2D eigenvalue weighted by Crippen LogP contribution is -2.36. The quantitative estimate of drug-likeness (QED) is 0.308. The van der Waals surface area contributed by atoms with Crippen LogP contribution in [-0.4, -0.2) is 48.3 Å². The number of nitrogens with zero attached hydrogens (tertiary/aromatic N) is 6. The van der Waals surface area contributed by atoms with E-state index in [-0.39, 0.29) is 18.9 Å². The predicted molar refractivity (Wildman–Crippen MR) is 133 cm³/mol. The number of rotatable bonds is 12. The van der Waals surface area contributed by atoms with Crippen molar-refractivity contribution in [1.82, 2.24) is 34.2 Å². The van der Waals surface area contributed by atoms with Gasteiger partial charge in [-0.05, 0) is 18.9 Å². The molecule has 0 spiro atoms. The number of ether oxygens (including phenoxy) is 2. The van der Waals surface area contributed by atoms with E-state index in [1.54, 1.807) is 25.1 Å². The van der Waals surface area contributed by atoms with Crippen molar-refractivity contribution in [3.63, 3.8) is 0 Å². The first-order chi connectivity index (χ1) is 17.3. The molecule has 2 atom stereocenters. The third-order valence-corrected chi connectivity index (χ3v) is 6.70. The molecule has 1 aliphatic heterocycles. The van der Waals surface area contributed by atoms with E-state index in [9.17, 15) is 0 Å². The molecule has 11 heteroatoms. The maximum Gasteiger partial charge on any atom is 0.248 e. The number of benzene rings is 1. The summed E-state index contributed by atoms with van der Waals surface area (Å²) in [6, 6.07) is 10.6. The first-order valence-electron chi connectivity index (χ1n) is 11.5. The number of aromatic nitrogens is 6. The topological polar surface area (TPSA) is 106 Å². The van der Waals surface area contributed by atoms with Crippen molar-refractivity contribution in [2.24, 2.45) is 0 Å². The van der Waals surface area contributed by atoms with Gasteiger partial charge in [0.2, 0.25) is 17.9 Å². The van der Waals surface area contributed by atoms with Crippen LogP contribution in [0.2, 0.25) is 0 Å². The molecule has 0 amide bonds. The van der Waals surface area contributed by atoms with E-state index in [1.807, 2.05) is 23.0 Å². The highest BCUT2D eigenvalue weighted by molar-refractivity contribution is 7.09. The van der Waals surface area contributed by atoms with Crippen molar-refractivity contribution in [3.05, 3.63) is 84.9 Å². The lowest BCUT2D eigenvalue weighted by atomic mass is 10.1. The minimum Gasteiger partial charge on any atom is -0.462 e. The zero-order valence-corrected chi connectivity index (χ0v) is 20.3. The molecule has 1 aromatic carbocycles. The van der Waals surface area contributed by atoms with E-state index in [0.29, 0.717) is 5.95 Å². The third kappa shape index (κ3) is 5.87. The molecule has 0 saturated heterocycles. The fourth-order valence-corrected chi connectivity index (χ4v) is 4.75. The van der Waals surface area contributed by atoms with E-state index < -0.39 is 0 Å². The van der Waals surface area contributed by atoms with Gasteiger partial charge in [0.05, 0.1) is 24.3 Å². The maximum atomic E-state index is 5.62. The lowest BCUT2D eigenvalue weighted by molar-refractivity contribution is 0.0762. The molecule has 2 N–H and O–H groups in total. The molecule has 10 nitrogen and oxygen atoms in total. The Balaban J connectivity index is 1.33. The highest BCUT2D eigenvalue weighted by atomic mass is 32.1. The van der Waals surface area contributed by atoms with Crippen LogP contribution < -0.4 is 10.2 Å². The smallest absolute Gasteiger partial charge is 0.248 e. The number of aromatic amines is 1. The van der Waals surface area contributed by atoms with Crippen molar-refractivity contribution in [3.8, 4) is 5.95 Å². The molecule has 0 aliphatic carbocycles. The standard InChI is InChI=1S/C24H28N8O2S/c1-18(22-13-26-15-28-22)32(24-29-23(30-35-24)31-10-8-25-16-31)9-7-20(11-21-14-33-17-34-21)27-12-19-5-3-2-4-6-19/h2-6,8,10,13-16,18,20,27H,7,9,11-12,17H2,1H3,(H,26,28). The highest BCUT2D eigenvalue weighted by Gasteiger charge is 2.24. The minimum absolute atomic E-state index is 0.0427. The monoisotopic (exact) mass is 492 g/mol. The fourth-order valence-electron chi connectivity index (χ4n) is 3.97. The molecule has 1 aliphatic rings. The second-order valence-corrected chi connectivity index (χ2v) is 9.02. The number of nitrogens with one attached hydrogen (secondary N) is 2. The molecule has 0 radical (unpaired) electrons. The highest BCUT2D eigenvalue weighted by Crippen LogP contribution is 2.29. The molecular weight excluding hydrogens is 464 g/mol. The SMILES string of the molecule is CC(c1cnc[nH]1)N(CCC(CC1=COCO1)NCc1ccccc1)c1nc(-n2ccnc2)ns1. The van der Waals surface area contributed by atoms with Gasteiger partial charge in [0.15, 0.2) is 0 Å². The maximum absolute atomic E-state index is 5.62. The van der Waals surface area contributed by atoms with Gasteiger partial charge in [-0.15, -0.1) is 0 Å². The van der Waals surface area contributed by atoms with Gasteiger partial charge in [0.1, 0.15) is 18.3 Å². The van der Waals surface area contributed by atoms with Crippen LogP contribution in [0, 0.1) is 0 Å². The number of anilines is 1. The van der Waals surface area contributed by atoms with Crippen molar-refractivity contribution in [2.75, 3.05) is 18.2 Å². The van der Waals surface area contributed by atoms with Gasteiger partial charge in [0.25, 0.3) is 0 Å². The van der Waals surface area contributed by atoms with E-state index in [0.717, 1.165) is 42.5 Å². The van der Waals surface area contributed by atoms with E-state index in [1.165, 1.54) is 17.1 Å². The Kier molecular flexibility index (Phi) is 7.35. The number of imidazole rings is 2. The first-order valence-corrected chi connectivity index (χ1v) is 12.3. The van der Waals surface area contributed by atoms with Crippen LogP contribution in [0.1, 0.15) is 37.1 Å². The Labute approximate surface area is 207 Å². The lowest BCUT2D eigenvalue weighted by Gasteiger charge is -2.30. The van der Waals surface area contributed by atoms with Crippen molar-refractivity contribution < 1.29 is 9.47 Å². The Hall–Kier alpha value is -3.70. The van der Waals surface area contributed by atoms with Crippen LogP contribution >= 0.6 is 11.5 Å². The molecular formula is C24H28N8O2S. The fraction of sp³-hybridized carbons (Fsp3) is 0.333. The van der Waals surface area contributed by atoms with Gasteiger partial charge < -0.3 is 24.7 Å². The summed E-state index contributed by atoms with van der Waals surface area (Å²) in [5, 5.41) is 4.55. The molecule has 5 rings (SSSR count). The molecule has 4 aromatic rings. The van der Waals surface area contributed by atoms with Crippen LogP contribution in [0.4, 0.5) is 5.13 Å². The average Bonchev–Trinajstić information content (AvgIpc) is 3.71. The van der Waals surface area contributed by atoms with Crippen molar-refractivity contribution in [1.29, 1.82) is 0 Å². The Bertz CT molecular complexity index is 1190. The van der Waals surface area contributed by atoms with Gasteiger partial charge in [-0.25, -0.2) is 9.97 Å². The summed E-state index contributed by atoms with van der Waals surface area (Å²) in [7, 11) is 0. The molecule has 182 valence electrons. The molecule has 2 unspecified atom stereocenters. The van der Waals surface area contributed by atoms with Crippen molar-refractivity contribution >= 4 is 16.7 Å². The van der Waals surface area contributed by atoms with Gasteiger partial charge in [0, 0.05) is 49.5 Å². The van der Waals surface area contributed by atoms with Gasteiger partial charge >= 0.3 is 0 Å². The number of H-pyrrole nitrogens is 1. The summed E-state index contributed by atoms with van der Waals surface area (Å²) >= 11 is 1.38. The summed E-state index contributed by atoms with van der Waals surface area (Å²) in [6.45, 7) is 3.97. The van der Waals surface area contributed by atoms with Gasteiger partial charge in [-0.2, -0.15) is 9.36 Å². The van der Waals surface area contributed by atoms with E-state index >= 15 is 0 Å². The largest absolute Gasteiger partial charge is 0.462 e. The van der Waals surface area contributed by atoms with E-state index in [4.69, 9.17) is 14.5 Å². The van der Waals surface area contributed by atoms with Crippen LogP contribution in [0.5, 0.6) is 0 Å².